The summed E-state index contributed by atoms with van der Waals surface area (Å²) in [5.41, 5.74) is 7.99. The van der Waals surface area contributed by atoms with E-state index in [-0.39, 0.29) is 5.82 Å². The Kier molecular flexibility index (Phi) is 3.81. The van der Waals surface area contributed by atoms with E-state index >= 15 is 0 Å². The van der Waals surface area contributed by atoms with Crippen molar-refractivity contribution in [3.05, 3.63) is 57.5 Å². The van der Waals surface area contributed by atoms with Crippen molar-refractivity contribution in [1.29, 1.82) is 0 Å². The monoisotopic (exact) mass is 338 g/mol. The van der Waals surface area contributed by atoms with Crippen LogP contribution in [0.4, 0.5) is 5.82 Å². The number of hydrogen-bond acceptors (Lipinski definition) is 3. The Balaban J connectivity index is 2.24. The molecule has 0 aliphatic heterocycles. The van der Waals surface area contributed by atoms with E-state index in [0.717, 1.165) is 5.56 Å². The normalized spacial score (nSPS) is 10.8. The maximum Gasteiger partial charge on any atom is 0.178 e. The molecule has 0 atom stereocenters. The topological polar surface area (TPSA) is 52.0 Å². The molecule has 0 saturated heterocycles. The molecule has 0 fully saturated rings. The van der Waals surface area contributed by atoms with E-state index in [0.29, 0.717) is 32.0 Å². The maximum atomic E-state index is 6.24. The highest BCUT2D eigenvalue weighted by Crippen LogP contribution is 2.41. The summed E-state index contributed by atoms with van der Waals surface area (Å²) in [5.74, 6) is 0.727. The van der Waals surface area contributed by atoms with Crippen molar-refractivity contribution < 1.29 is 4.52 Å². The van der Waals surface area contributed by atoms with Crippen LogP contribution in [0.15, 0.2) is 47.0 Å². The quantitative estimate of drug-likeness (QED) is 0.666. The van der Waals surface area contributed by atoms with Gasteiger partial charge in [0.05, 0.1) is 15.6 Å². The van der Waals surface area contributed by atoms with Gasteiger partial charge in [-0.25, -0.2) is 0 Å². The highest BCUT2D eigenvalue weighted by molar-refractivity contribution is 6.43. The minimum absolute atomic E-state index is 0.267. The highest BCUT2D eigenvalue weighted by Gasteiger charge is 2.20. The fourth-order valence-corrected chi connectivity index (χ4v) is 2.67. The zero-order chi connectivity index (χ0) is 15.0. The summed E-state index contributed by atoms with van der Waals surface area (Å²) < 4.78 is 5.35. The van der Waals surface area contributed by atoms with Gasteiger partial charge in [-0.15, -0.1) is 0 Å². The minimum Gasteiger partial charge on any atom is -0.380 e. The summed E-state index contributed by atoms with van der Waals surface area (Å²) in [6.07, 6.45) is 0. The number of rotatable bonds is 2. The third-order valence-electron chi connectivity index (χ3n) is 3.03. The zero-order valence-corrected chi connectivity index (χ0v) is 12.9. The summed E-state index contributed by atoms with van der Waals surface area (Å²) in [5, 5.41) is 5.24. The zero-order valence-electron chi connectivity index (χ0n) is 10.6. The van der Waals surface area contributed by atoms with Crippen molar-refractivity contribution in [3.8, 4) is 22.5 Å². The summed E-state index contributed by atoms with van der Waals surface area (Å²) in [7, 11) is 0. The predicted octanol–water partition coefficient (Wildman–Crippen LogP) is 5.55. The van der Waals surface area contributed by atoms with Gasteiger partial charge in [-0.3, -0.25) is 0 Å². The lowest BCUT2D eigenvalue weighted by atomic mass is 10.0. The Labute approximate surface area is 136 Å². The number of anilines is 1. The van der Waals surface area contributed by atoms with Crippen molar-refractivity contribution in [1.82, 2.24) is 5.16 Å². The second-order valence-corrected chi connectivity index (χ2v) is 5.61. The highest BCUT2D eigenvalue weighted by atomic mass is 35.5. The first-order valence-corrected chi connectivity index (χ1v) is 7.17. The van der Waals surface area contributed by atoms with Crippen LogP contribution in [0.3, 0.4) is 0 Å². The van der Waals surface area contributed by atoms with Crippen LogP contribution in [-0.2, 0) is 0 Å². The van der Waals surface area contributed by atoms with Crippen LogP contribution >= 0.6 is 34.8 Å². The van der Waals surface area contributed by atoms with Crippen molar-refractivity contribution in [2.24, 2.45) is 0 Å². The Morgan fingerprint density at radius 3 is 2.52 bits per heavy atom. The molecule has 0 unspecified atom stereocenters. The average molecular weight is 340 g/mol. The fraction of sp³-hybridized carbons (Fsp3) is 0. The number of benzene rings is 2. The van der Waals surface area contributed by atoms with Crippen LogP contribution in [0.25, 0.3) is 22.5 Å². The molecule has 0 aliphatic carbocycles. The van der Waals surface area contributed by atoms with E-state index in [2.05, 4.69) is 5.16 Å². The number of nitrogen functional groups attached to an aromatic ring is 1. The molecular weight excluding hydrogens is 331 g/mol. The molecule has 0 spiro atoms. The summed E-state index contributed by atoms with van der Waals surface area (Å²) in [6.45, 7) is 0. The lowest BCUT2D eigenvalue weighted by molar-refractivity contribution is 0.436. The van der Waals surface area contributed by atoms with Gasteiger partial charge in [-0.1, -0.05) is 58.2 Å². The first-order chi connectivity index (χ1) is 10.1. The molecule has 3 rings (SSSR count). The Bertz CT molecular complexity index is 814. The number of hydrogen-bond donors (Lipinski definition) is 1. The van der Waals surface area contributed by atoms with Crippen LogP contribution in [0, 0.1) is 0 Å². The SMILES string of the molecule is Nc1noc(-c2cccc(Cl)c2Cl)c1-c1cccc(Cl)c1. The van der Waals surface area contributed by atoms with Gasteiger partial charge in [-0.2, -0.15) is 0 Å². The van der Waals surface area contributed by atoms with Crippen LogP contribution < -0.4 is 5.73 Å². The van der Waals surface area contributed by atoms with E-state index in [1.54, 1.807) is 30.3 Å². The predicted molar refractivity (Wildman–Crippen MR) is 86.8 cm³/mol. The summed E-state index contributed by atoms with van der Waals surface area (Å²) >= 11 is 18.3. The molecular formula is C15H9Cl3N2O. The second kappa shape index (κ2) is 5.60. The third-order valence-corrected chi connectivity index (χ3v) is 4.08. The van der Waals surface area contributed by atoms with Gasteiger partial charge < -0.3 is 10.3 Å². The summed E-state index contributed by atoms with van der Waals surface area (Å²) in [6, 6.07) is 12.5. The van der Waals surface area contributed by atoms with Gasteiger partial charge in [0.1, 0.15) is 0 Å². The molecule has 1 heterocycles. The molecule has 21 heavy (non-hydrogen) atoms. The van der Waals surface area contributed by atoms with Crippen molar-refractivity contribution in [2.45, 2.75) is 0 Å². The standard InChI is InChI=1S/C15H9Cl3N2O/c16-9-4-1-3-8(7-9)12-14(21-20-15(12)19)10-5-2-6-11(17)13(10)18/h1-7H,(H2,19,20). The fourth-order valence-electron chi connectivity index (χ4n) is 2.09. The molecule has 6 heteroatoms. The number of nitrogens with zero attached hydrogens (tertiary/aromatic N) is 1. The maximum absolute atomic E-state index is 6.24. The molecule has 106 valence electrons. The van der Waals surface area contributed by atoms with Gasteiger partial charge in [0.15, 0.2) is 11.6 Å². The average Bonchev–Trinajstić information content (AvgIpc) is 2.83. The molecule has 0 amide bonds. The first-order valence-electron chi connectivity index (χ1n) is 6.03. The van der Waals surface area contributed by atoms with Crippen LogP contribution in [-0.4, -0.2) is 5.16 Å². The largest absolute Gasteiger partial charge is 0.380 e. The smallest absolute Gasteiger partial charge is 0.178 e. The lowest BCUT2D eigenvalue weighted by Gasteiger charge is -2.06. The number of nitrogens with two attached hydrogens (primary N) is 1. The molecule has 0 radical (unpaired) electrons. The van der Waals surface area contributed by atoms with E-state index in [1.807, 2.05) is 12.1 Å². The van der Waals surface area contributed by atoms with E-state index < -0.39 is 0 Å². The Hall–Kier alpha value is -1.68. The van der Waals surface area contributed by atoms with Gasteiger partial charge in [0, 0.05) is 10.6 Å². The molecule has 3 nitrogen and oxygen atoms in total. The molecule has 0 saturated carbocycles. The van der Waals surface area contributed by atoms with Gasteiger partial charge >= 0.3 is 0 Å². The molecule has 0 bridgehead atoms. The Morgan fingerprint density at radius 1 is 1.00 bits per heavy atom. The van der Waals surface area contributed by atoms with Crippen LogP contribution in [0.2, 0.25) is 15.1 Å². The molecule has 1 aromatic heterocycles. The third kappa shape index (κ3) is 2.60. The van der Waals surface area contributed by atoms with Crippen molar-refractivity contribution in [2.75, 3.05) is 5.73 Å². The first kappa shape index (κ1) is 14.3. The van der Waals surface area contributed by atoms with E-state index in [9.17, 15) is 0 Å². The number of halogens is 3. The van der Waals surface area contributed by atoms with Crippen LogP contribution in [0.1, 0.15) is 0 Å². The van der Waals surface area contributed by atoms with Crippen molar-refractivity contribution in [3.63, 3.8) is 0 Å². The Morgan fingerprint density at radius 2 is 1.76 bits per heavy atom. The molecule has 2 N–H and O–H groups in total. The number of aromatic nitrogens is 1. The summed E-state index contributed by atoms with van der Waals surface area (Å²) in [4.78, 5) is 0. The minimum atomic E-state index is 0.267. The van der Waals surface area contributed by atoms with Gasteiger partial charge in [-0.05, 0) is 29.8 Å². The van der Waals surface area contributed by atoms with Gasteiger partial charge in [0.25, 0.3) is 0 Å². The molecule has 0 aliphatic rings. The lowest BCUT2D eigenvalue weighted by Crippen LogP contribution is -1.89. The molecule has 3 aromatic rings. The van der Waals surface area contributed by atoms with E-state index in [1.165, 1.54) is 0 Å². The van der Waals surface area contributed by atoms with Crippen LogP contribution in [0.5, 0.6) is 0 Å². The second-order valence-electron chi connectivity index (χ2n) is 4.38. The van der Waals surface area contributed by atoms with Crippen molar-refractivity contribution >= 4 is 40.6 Å². The van der Waals surface area contributed by atoms with E-state index in [4.69, 9.17) is 45.1 Å². The van der Waals surface area contributed by atoms with Gasteiger partial charge in [0.2, 0.25) is 0 Å². The molecule has 2 aromatic carbocycles.